The monoisotopic (exact) mass is 357 g/mol. The predicted molar refractivity (Wildman–Crippen MR) is 101 cm³/mol. The number of benzene rings is 1. The van der Waals surface area contributed by atoms with E-state index in [9.17, 15) is 9.59 Å². The molecule has 3 amide bonds. The smallest absolute Gasteiger partial charge is 0.321 e. The fourth-order valence-corrected chi connectivity index (χ4v) is 3.09. The van der Waals surface area contributed by atoms with Crippen LogP contribution in [0, 0.1) is 0 Å². The Morgan fingerprint density at radius 2 is 1.96 bits per heavy atom. The molecule has 0 radical (unpaired) electrons. The van der Waals surface area contributed by atoms with Crippen molar-refractivity contribution in [1.82, 2.24) is 15.5 Å². The number of nitrogens with one attached hydrogen (secondary N) is 2. The highest BCUT2D eigenvalue weighted by molar-refractivity contribution is 7.09. The molecule has 1 aromatic carbocycles. The van der Waals surface area contributed by atoms with Crippen LogP contribution in [0.1, 0.15) is 10.4 Å². The Morgan fingerprint density at radius 3 is 2.64 bits per heavy atom. The van der Waals surface area contributed by atoms with Crippen LogP contribution in [0.3, 0.4) is 0 Å². The van der Waals surface area contributed by atoms with Crippen molar-refractivity contribution in [2.24, 2.45) is 0 Å². The highest BCUT2D eigenvalue weighted by Gasteiger charge is 2.12. The second-order valence-corrected chi connectivity index (χ2v) is 6.61. The van der Waals surface area contributed by atoms with Crippen LogP contribution in [0.25, 0.3) is 0 Å². The normalized spacial score (nSPS) is 10.4. The topological polar surface area (TPSA) is 61.4 Å². The van der Waals surface area contributed by atoms with Gasteiger partial charge in [-0.3, -0.25) is 15.0 Å². The largest absolute Gasteiger partial charge is 0.337 e. The molecule has 25 heavy (non-hydrogen) atoms. The second kappa shape index (κ2) is 10.4. The maximum absolute atomic E-state index is 12.1. The first-order valence-corrected chi connectivity index (χ1v) is 9.02. The van der Waals surface area contributed by atoms with Gasteiger partial charge in [-0.15, -0.1) is 17.9 Å². The van der Waals surface area contributed by atoms with Crippen LogP contribution in [0.2, 0.25) is 0 Å². The summed E-state index contributed by atoms with van der Waals surface area (Å²) in [5.41, 5.74) is 1.11. The minimum Gasteiger partial charge on any atom is -0.337 e. The number of hydrogen-bond acceptors (Lipinski definition) is 4. The summed E-state index contributed by atoms with van der Waals surface area (Å²) in [7, 11) is 0. The fraction of sp³-hybridized carbons (Fsp3) is 0.263. The summed E-state index contributed by atoms with van der Waals surface area (Å²) in [6.07, 6.45) is 2.51. The summed E-state index contributed by atoms with van der Waals surface area (Å²) in [5, 5.41) is 7.08. The van der Waals surface area contributed by atoms with Gasteiger partial charge in [0.2, 0.25) is 5.91 Å². The molecule has 132 valence electrons. The zero-order valence-corrected chi connectivity index (χ0v) is 14.9. The summed E-state index contributed by atoms with van der Waals surface area (Å²) < 4.78 is 0. The van der Waals surface area contributed by atoms with E-state index in [0.717, 1.165) is 12.0 Å². The third-order valence-corrected chi connectivity index (χ3v) is 4.43. The Bertz CT molecular complexity index is 671. The van der Waals surface area contributed by atoms with Crippen LogP contribution in [0.5, 0.6) is 0 Å². The van der Waals surface area contributed by atoms with Crippen molar-refractivity contribution in [3.05, 3.63) is 70.9 Å². The highest BCUT2D eigenvalue weighted by atomic mass is 32.1. The van der Waals surface area contributed by atoms with Crippen molar-refractivity contribution in [2.75, 3.05) is 19.6 Å². The first-order valence-electron chi connectivity index (χ1n) is 8.14. The maximum atomic E-state index is 12.1. The number of hydrogen-bond donors (Lipinski definition) is 2. The Hall–Kier alpha value is -2.44. The van der Waals surface area contributed by atoms with Gasteiger partial charge in [-0.05, 0) is 23.4 Å². The van der Waals surface area contributed by atoms with Gasteiger partial charge in [0.05, 0.1) is 6.54 Å². The van der Waals surface area contributed by atoms with Gasteiger partial charge in [-0.1, -0.05) is 42.5 Å². The summed E-state index contributed by atoms with van der Waals surface area (Å²) in [5.74, 6) is -0.327. The van der Waals surface area contributed by atoms with Crippen molar-refractivity contribution >= 4 is 23.3 Å². The van der Waals surface area contributed by atoms with Crippen molar-refractivity contribution in [1.29, 1.82) is 0 Å². The third kappa shape index (κ3) is 7.32. The first kappa shape index (κ1) is 18.9. The average molecular weight is 357 g/mol. The number of carbonyl (C=O) groups excluding carboxylic acids is 2. The van der Waals surface area contributed by atoms with Crippen LogP contribution < -0.4 is 10.6 Å². The van der Waals surface area contributed by atoms with Crippen LogP contribution in [-0.2, 0) is 17.8 Å². The van der Waals surface area contributed by atoms with E-state index in [4.69, 9.17) is 0 Å². The molecule has 0 saturated heterocycles. The molecule has 1 aromatic heterocycles. The molecule has 6 heteroatoms. The van der Waals surface area contributed by atoms with Crippen LogP contribution in [0.15, 0.2) is 60.5 Å². The first-order chi connectivity index (χ1) is 12.2. The summed E-state index contributed by atoms with van der Waals surface area (Å²) >= 11 is 1.65. The standard InChI is InChI=1S/C19H23N3O2S/c1-2-12-22(14-16-7-4-3-5-8-16)15-18(23)21-19(24)20-11-10-17-9-6-13-25-17/h2-9,13H,1,10-12,14-15H2,(H2,20,21,23,24). The quantitative estimate of drug-likeness (QED) is 0.679. The molecular weight excluding hydrogens is 334 g/mol. The molecule has 0 bridgehead atoms. The van der Waals surface area contributed by atoms with Crippen molar-refractivity contribution < 1.29 is 9.59 Å². The predicted octanol–water partition coefficient (Wildman–Crippen LogP) is 2.80. The Morgan fingerprint density at radius 1 is 1.16 bits per heavy atom. The van der Waals surface area contributed by atoms with Gasteiger partial charge in [-0.2, -0.15) is 0 Å². The van der Waals surface area contributed by atoms with Gasteiger partial charge >= 0.3 is 6.03 Å². The molecular formula is C19H23N3O2S. The van der Waals surface area contributed by atoms with E-state index in [1.807, 2.05) is 52.7 Å². The SMILES string of the molecule is C=CCN(CC(=O)NC(=O)NCCc1cccs1)Cc1ccccc1. The molecule has 0 atom stereocenters. The second-order valence-electron chi connectivity index (χ2n) is 5.58. The lowest BCUT2D eigenvalue weighted by Crippen LogP contribution is -2.44. The average Bonchev–Trinajstić information content (AvgIpc) is 3.09. The molecule has 1 heterocycles. The highest BCUT2D eigenvalue weighted by Crippen LogP contribution is 2.08. The lowest BCUT2D eigenvalue weighted by atomic mass is 10.2. The van der Waals surface area contributed by atoms with Crippen molar-refractivity contribution in [3.63, 3.8) is 0 Å². The molecule has 2 rings (SSSR count). The lowest BCUT2D eigenvalue weighted by Gasteiger charge is -2.20. The van der Waals surface area contributed by atoms with E-state index < -0.39 is 6.03 Å². The lowest BCUT2D eigenvalue weighted by molar-refractivity contribution is -0.121. The molecule has 0 unspecified atom stereocenters. The molecule has 0 aliphatic rings. The minimum atomic E-state index is -0.458. The minimum absolute atomic E-state index is 0.138. The molecule has 0 fully saturated rings. The van der Waals surface area contributed by atoms with Gasteiger partial charge in [0.15, 0.2) is 0 Å². The van der Waals surface area contributed by atoms with E-state index >= 15 is 0 Å². The van der Waals surface area contributed by atoms with Crippen molar-refractivity contribution in [2.45, 2.75) is 13.0 Å². The van der Waals surface area contributed by atoms with Gasteiger partial charge < -0.3 is 5.32 Å². The molecule has 0 saturated carbocycles. The van der Waals surface area contributed by atoms with Gasteiger partial charge in [0.25, 0.3) is 0 Å². The number of carbonyl (C=O) groups is 2. The molecule has 2 N–H and O–H groups in total. The van der Waals surface area contributed by atoms with E-state index in [1.165, 1.54) is 4.88 Å². The van der Waals surface area contributed by atoms with Crippen LogP contribution in [-0.4, -0.2) is 36.5 Å². The van der Waals surface area contributed by atoms with Gasteiger partial charge in [0, 0.05) is 24.5 Å². The van der Waals surface area contributed by atoms with Crippen LogP contribution >= 0.6 is 11.3 Å². The molecule has 2 aromatic rings. The van der Waals surface area contributed by atoms with Gasteiger partial charge in [-0.25, -0.2) is 4.79 Å². The molecule has 0 aliphatic carbocycles. The van der Waals surface area contributed by atoms with E-state index in [-0.39, 0.29) is 12.5 Å². The van der Waals surface area contributed by atoms with Gasteiger partial charge in [0.1, 0.15) is 0 Å². The summed E-state index contributed by atoms with van der Waals surface area (Å²) in [4.78, 5) is 27.0. The Labute approximate surface area is 152 Å². The third-order valence-electron chi connectivity index (χ3n) is 3.49. The number of amides is 3. The number of thiophene rings is 1. The maximum Gasteiger partial charge on any atom is 0.321 e. The number of nitrogens with zero attached hydrogens (tertiary/aromatic N) is 1. The van der Waals surface area contributed by atoms with Crippen molar-refractivity contribution in [3.8, 4) is 0 Å². The Balaban J connectivity index is 1.73. The number of rotatable bonds is 9. The number of imide groups is 1. The van der Waals surface area contributed by atoms with E-state index in [2.05, 4.69) is 17.2 Å². The molecule has 0 spiro atoms. The zero-order valence-electron chi connectivity index (χ0n) is 14.1. The van der Waals surface area contributed by atoms with E-state index in [0.29, 0.717) is 19.6 Å². The zero-order chi connectivity index (χ0) is 17.9. The Kier molecular flexibility index (Phi) is 7.88. The summed E-state index contributed by atoms with van der Waals surface area (Å²) in [6.45, 7) is 5.56. The van der Waals surface area contributed by atoms with E-state index in [1.54, 1.807) is 17.4 Å². The summed E-state index contributed by atoms with van der Waals surface area (Å²) in [6, 6.07) is 13.4. The van der Waals surface area contributed by atoms with Crippen LogP contribution in [0.4, 0.5) is 4.79 Å². The number of urea groups is 1. The fourth-order valence-electron chi connectivity index (χ4n) is 2.38. The molecule has 5 nitrogen and oxygen atoms in total. The molecule has 0 aliphatic heterocycles.